The molecule has 0 fully saturated rings. The van der Waals surface area contributed by atoms with Crippen LogP contribution in [0.4, 0.5) is 0 Å². The molecule has 0 atom stereocenters. The highest BCUT2D eigenvalue weighted by Crippen LogP contribution is 2.31. The number of nitrogens with zero attached hydrogens (tertiary/aromatic N) is 2. The zero-order chi connectivity index (χ0) is 24.8. The molecule has 0 radical (unpaired) electrons. The monoisotopic (exact) mass is 527 g/mol. The summed E-state index contributed by atoms with van der Waals surface area (Å²) in [5.41, 5.74) is 9.30. The second-order valence-corrected chi connectivity index (χ2v) is 8.85. The van der Waals surface area contributed by atoms with E-state index in [2.05, 4.69) is 68.8 Å². The van der Waals surface area contributed by atoms with Crippen molar-refractivity contribution in [1.82, 2.24) is 9.99 Å². The number of allylic oxidation sites excluding steroid dienone is 1. The summed E-state index contributed by atoms with van der Waals surface area (Å²) in [7, 11) is 1.63. The summed E-state index contributed by atoms with van der Waals surface area (Å²) < 4.78 is 8.45. The van der Waals surface area contributed by atoms with Crippen LogP contribution >= 0.6 is 15.9 Å². The van der Waals surface area contributed by atoms with E-state index in [1.807, 2.05) is 48.5 Å². The highest BCUT2D eigenvalue weighted by Gasteiger charge is 2.11. The van der Waals surface area contributed by atoms with Gasteiger partial charge in [-0.2, -0.15) is 5.10 Å². The molecule has 4 rings (SSSR count). The summed E-state index contributed by atoms with van der Waals surface area (Å²) in [6, 6.07) is 25.8. The Morgan fingerprint density at radius 1 is 1.09 bits per heavy atom. The highest BCUT2D eigenvalue weighted by molar-refractivity contribution is 9.10. The van der Waals surface area contributed by atoms with E-state index in [0.717, 1.165) is 44.0 Å². The Bertz CT molecular complexity index is 1370. The number of hydrogen-bond donors (Lipinski definition) is 1. The minimum atomic E-state index is -0.279. The summed E-state index contributed by atoms with van der Waals surface area (Å²) in [5.74, 6) is 0.485. The fraction of sp³-hybridized carbons (Fsp3) is 0.103. The summed E-state index contributed by atoms with van der Waals surface area (Å²) in [4.78, 5) is 12.7. The summed E-state index contributed by atoms with van der Waals surface area (Å²) in [6.07, 6.45) is 4.09. The van der Waals surface area contributed by atoms with Gasteiger partial charge in [-0.3, -0.25) is 4.79 Å². The molecule has 0 spiro atoms. The van der Waals surface area contributed by atoms with Gasteiger partial charge >= 0.3 is 0 Å². The Balaban J connectivity index is 1.49. The van der Waals surface area contributed by atoms with Crippen molar-refractivity contribution in [2.75, 3.05) is 7.11 Å². The number of aryl methyl sites for hydroxylation is 1. The zero-order valence-corrected chi connectivity index (χ0v) is 21.2. The van der Waals surface area contributed by atoms with Crippen molar-refractivity contribution >= 4 is 28.1 Å². The molecule has 1 heterocycles. The molecule has 0 unspecified atom stereocenters. The van der Waals surface area contributed by atoms with Crippen LogP contribution in [0.15, 0.2) is 101 Å². The Kier molecular flexibility index (Phi) is 7.63. The first-order valence-electron chi connectivity index (χ1n) is 11.2. The van der Waals surface area contributed by atoms with Gasteiger partial charge in [0.2, 0.25) is 0 Å². The fourth-order valence-electron chi connectivity index (χ4n) is 3.99. The lowest BCUT2D eigenvalue weighted by Gasteiger charge is -2.13. The smallest absolute Gasteiger partial charge is 0.271 e. The number of hydrazone groups is 1. The SMILES string of the molecule is C=CCc1cc(/C=N/NC(=O)c2ccc(-n3c(C)ccc3-c3ccccc3)cc2)cc(Br)c1OC. The summed E-state index contributed by atoms with van der Waals surface area (Å²) >= 11 is 3.52. The van der Waals surface area contributed by atoms with E-state index in [1.54, 1.807) is 25.5 Å². The number of benzene rings is 3. The van der Waals surface area contributed by atoms with Gasteiger partial charge in [-0.15, -0.1) is 6.58 Å². The average molecular weight is 528 g/mol. The maximum absolute atomic E-state index is 12.7. The minimum Gasteiger partial charge on any atom is -0.495 e. The second kappa shape index (κ2) is 11.0. The molecule has 1 aromatic heterocycles. The van der Waals surface area contributed by atoms with Crippen LogP contribution in [-0.2, 0) is 6.42 Å². The van der Waals surface area contributed by atoms with Crippen molar-refractivity contribution in [3.05, 3.63) is 118 Å². The quantitative estimate of drug-likeness (QED) is 0.157. The predicted molar refractivity (Wildman–Crippen MR) is 146 cm³/mol. The van der Waals surface area contributed by atoms with Crippen molar-refractivity contribution in [3.8, 4) is 22.7 Å². The first-order valence-corrected chi connectivity index (χ1v) is 12.0. The zero-order valence-electron chi connectivity index (χ0n) is 19.7. The molecule has 4 aromatic rings. The van der Waals surface area contributed by atoms with E-state index in [-0.39, 0.29) is 5.91 Å². The normalized spacial score (nSPS) is 10.9. The molecule has 0 aliphatic rings. The van der Waals surface area contributed by atoms with Gasteiger partial charge in [0.25, 0.3) is 5.91 Å². The summed E-state index contributed by atoms with van der Waals surface area (Å²) in [6.45, 7) is 5.86. The number of halogens is 1. The number of nitrogens with one attached hydrogen (secondary N) is 1. The topological polar surface area (TPSA) is 55.6 Å². The Hall–Kier alpha value is -3.90. The number of amides is 1. The van der Waals surface area contributed by atoms with Crippen LogP contribution in [0.2, 0.25) is 0 Å². The van der Waals surface area contributed by atoms with E-state index in [1.165, 1.54) is 0 Å². The first-order chi connectivity index (χ1) is 17.0. The van der Waals surface area contributed by atoms with Crippen LogP contribution in [0.1, 0.15) is 27.2 Å². The molecule has 6 heteroatoms. The number of methoxy groups -OCH3 is 1. The number of rotatable bonds is 8. The number of hydrogen-bond acceptors (Lipinski definition) is 3. The van der Waals surface area contributed by atoms with E-state index in [9.17, 15) is 4.79 Å². The lowest BCUT2D eigenvalue weighted by Crippen LogP contribution is -2.17. The average Bonchev–Trinajstić information content (AvgIpc) is 3.26. The van der Waals surface area contributed by atoms with Crippen LogP contribution in [-0.4, -0.2) is 23.8 Å². The molecule has 0 saturated carbocycles. The Morgan fingerprint density at radius 2 is 1.83 bits per heavy atom. The van der Waals surface area contributed by atoms with Crippen LogP contribution < -0.4 is 10.2 Å². The largest absolute Gasteiger partial charge is 0.495 e. The third kappa shape index (κ3) is 5.44. The maximum atomic E-state index is 12.7. The number of ether oxygens (including phenoxy) is 1. The van der Waals surface area contributed by atoms with Gasteiger partial charge in [0.05, 0.1) is 23.5 Å². The molecule has 0 saturated heterocycles. The molecule has 35 heavy (non-hydrogen) atoms. The van der Waals surface area contributed by atoms with Crippen LogP contribution in [0, 0.1) is 6.92 Å². The minimum absolute atomic E-state index is 0.279. The lowest BCUT2D eigenvalue weighted by molar-refractivity contribution is 0.0955. The van der Waals surface area contributed by atoms with Crippen molar-refractivity contribution < 1.29 is 9.53 Å². The lowest BCUT2D eigenvalue weighted by atomic mass is 10.1. The van der Waals surface area contributed by atoms with Crippen LogP contribution in [0.25, 0.3) is 16.9 Å². The van der Waals surface area contributed by atoms with Crippen molar-refractivity contribution in [2.45, 2.75) is 13.3 Å². The van der Waals surface area contributed by atoms with E-state index in [0.29, 0.717) is 12.0 Å². The van der Waals surface area contributed by atoms with Gasteiger partial charge in [-0.1, -0.05) is 36.4 Å². The molecule has 1 N–H and O–H groups in total. The number of aromatic nitrogens is 1. The molecule has 0 bridgehead atoms. The van der Waals surface area contributed by atoms with Gasteiger partial charge in [-0.25, -0.2) is 5.43 Å². The number of carbonyl (C=O) groups excluding carboxylic acids is 1. The summed E-state index contributed by atoms with van der Waals surface area (Å²) in [5, 5.41) is 4.14. The van der Waals surface area contributed by atoms with Crippen molar-refractivity contribution in [1.29, 1.82) is 0 Å². The molecule has 0 aliphatic carbocycles. The fourth-order valence-corrected chi connectivity index (χ4v) is 4.67. The van der Waals surface area contributed by atoms with E-state index in [4.69, 9.17) is 4.74 Å². The second-order valence-electron chi connectivity index (χ2n) is 8.00. The van der Waals surface area contributed by atoms with Crippen molar-refractivity contribution in [2.24, 2.45) is 5.10 Å². The highest BCUT2D eigenvalue weighted by atomic mass is 79.9. The Morgan fingerprint density at radius 3 is 2.51 bits per heavy atom. The van der Waals surface area contributed by atoms with Gasteiger partial charge in [0.15, 0.2) is 0 Å². The molecule has 1 amide bonds. The molecule has 0 aliphatic heterocycles. The molecule has 5 nitrogen and oxygen atoms in total. The number of carbonyl (C=O) groups is 1. The van der Waals surface area contributed by atoms with Gasteiger partial charge in [0.1, 0.15) is 5.75 Å². The maximum Gasteiger partial charge on any atom is 0.271 e. The standard InChI is InChI=1S/C29H26BrN3O2/c1-4-8-24-17-21(18-26(30)28(24)35-3)19-31-32-29(34)23-12-14-25(15-13-23)33-20(2)11-16-27(33)22-9-6-5-7-10-22/h4-7,9-19H,1,8H2,2-3H3,(H,32,34)/b31-19+. The van der Waals surface area contributed by atoms with Crippen molar-refractivity contribution in [3.63, 3.8) is 0 Å². The molecule has 176 valence electrons. The van der Waals surface area contributed by atoms with E-state index < -0.39 is 0 Å². The molecular formula is C29H26BrN3O2. The van der Waals surface area contributed by atoms with Crippen LogP contribution in [0.3, 0.4) is 0 Å². The van der Waals surface area contributed by atoms with Gasteiger partial charge < -0.3 is 9.30 Å². The third-order valence-corrected chi connectivity index (χ3v) is 6.21. The van der Waals surface area contributed by atoms with Crippen LogP contribution in [0.5, 0.6) is 5.75 Å². The van der Waals surface area contributed by atoms with E-state index >= 15 is 0 Å². The van der Waals surface area contributed by atoms with Gasteiger partial charge in [0, 0.05) is 16.9 Å². The Labute approximate surface area is 213 Å². The first kappa shape index (κ1) is 24.2. The predicted octanol–water partition coefficient (Wildman–Crippen LogP) is 6.72. The third-order valence-electron chi connectivity index (χ3n) is 5.62. The molecule has 3 aromatic carbocycles. The van der Waals surface area contributed by atoms with Gasteiger partial charge in [-0.05, 0) is 94.5 Å². The molecular weight excluding hydrogens is 502 g/mol.